The first kappa shape index (κ1) is 25.5. The summed E-state index contributed by atoms with van der Waals surface area (Å²) in [4.78, 5) is 48.4. The van der Waals surface area contributed by atoms with E-state index in [0.29, 0.717) is 34.3 Å². The maximum atomic E-state index is 12.2. The van der Waals surface area contributed by atoms with Gasteiger partial charge in [-0.1, -0.05) is 11.3 Å². The van der Waals surface area contributed by atoms with Crippen LogP contribution in [0.15, 0.2) is 48.5 Å². The number of ether oxygens (including phenoxy) is 2. The lowest BCUT2D eigenvalue weighted by molar-refractivity contribution is -0.143. The van der Waals surface area contributed by atoms with Gasteiger partial charge in [0.05, 0.1) is 13.0 Å². The van der Waals surface area contributed by atoms with E-state index in [-0.39, 0.29) is 24.5 Å². The van der Waals surface area contributed by atoms with Gasteiger partial charge >= 0.3 is 5.97 Å². The van der Waals surface area contributed by atoms with Crippen LogP contribution in [0.2, 0.25) is 0 Å². The molecule has 1 aromatic heterocycles. The number of aromatic nitrogens is 2. The average molecular weight is 497 g/mol. The number of nitrogens with zero attached hydrogens (tertiary/aromatic N) is 2. The normalized spacial score (nSPS) is 10.3. The van der Waals surface area contributed by atoms with Crippen molar-refractivity contribution in [3.63, 3.8) is 0 Å². The minimum absolute atomic E-state index is 0.116. The molecule has 0 aliphatic carbocycles. The molecule has 0 saturated carbocycles. The van der Waals surface area contributed by atoms with Gasteiger partial charge in [0.2, 0.25) is 11.0 Å². The van der Waals surface area contributed by atoms with Crippen molar-refractivity contribution < 1.29 is 28.7 Å². The summed E-state index contributed by atoms with van der Waals surface area (Å²) in [5, 5.41) is 14.1. The van der Waals surface area contributed by atoms with Crippen molar-refractivity contribution in [1.82, 2.24) is 10.2 Å². The maximum absolute atomic E-state index is 12.2. The molecular weight excluding hydrogens is 472 g/mol. The topological polar surface area (TPSA) is 137 Å². The number of rotatable bonds is 11. The highest BCUT2D eigenvalue weighted by Crippen LogP contribution is 2.17. The molecule has 2 amide bonds. The predicted molar refractivity (Wildman–Crippen MR) is 130 cm³/mol. The molecular formula is C24H24N4O6S. The van der Waals surface area contributed by atoms with E-state index in [9.17, 15) is 19.2 Å². The highest BCUT2D eigenvalue weighted by Gasteiger charge is 2.13. The first-order chi connectivity index (χ1) is 16.8. The summed E-state index contributed by atoms with van der Waals surface area (Å²) in [7, 11) is 0. The summed E-state index contributed by atoms with van der Waals surface area (Å²) in [6.07, 6.45) is -0.293. The minimum Gasteiger partial charge on any atom is -0.494 e. The Balaban J connectivity index is 1.38. The Morgan fingerprint density at radius 2 is 1.57 bits per heavy atom. The third kappa shape index (κ3) is 8.00. The molecule has 0 atom stereocenters. The Labute approximate surface area is 205 Å². The number of benzene rings is 2. The van der Waals surface area contributed by atoms with Gasteiger partial charge in [0, 0.05) is 23.2 Å². The van der Waals surface area contributed by atoms with Crippen LogP contribution in [0.3, 0.4) is 0 Å². The molecule has 0 unspecified atom stereocenters. The van der Waals surface area contributed by atoms with Gasteiger partial charge in [0.1, 0.15) is 10.8 Å². The lowest BCUT2D eigenvalue weighted by Gasteiger charge is -2.07. The van der Waals surface area contributed by atoms with Crippen LogP contribution in [-0.4, -0.2) is 47.0 Å². The minimum atomic E-state index is -0.654. The van der Waals surface area contributed by atoms with Crippen LogP contribution >= 0.6 is 11.3 Å². The van der Waals surface area contributed by atoms with Crippen molar-refractivity contribution in [1.29, 1.82) is 0 Å². The maximum Gasteiger partial charge on any atom is 0.306 e. The lowest BCUT2D eigenvalue weighted by atomic mass is 10.1. The number of hydrogen-bond donors (Lipinski definition) is 2. The van der Waals surface area contributed by atoms with Gasteiger partial charge in [0.15, 0.2) is 12.4 Å². The molecule has 10 nitrogen and oxygen atoms in total. The molecule has 11 heteroatoms. The Hall–Kier alpha value is -4.12. The number of nitrogens with one attached hydrogen (secondary N) is 2. The summed E-state index contributed by atoms with van der Waals surface area (Å²) in [6.45, 7) is 3.76. The zero-order valence-electron chi connectivity index (χ0n) is 19.2. The van der Waals surface area contributed by atoms with E-state index < -0.39 is 18.5 Å². The fourth-order valence-corrected chi connectivity index (χ4v) is 3.45. The Morgan fingerprint density at radius 1 is 0.886 bits per heavy atom. The van der Waals surface area contributed by atoms with Gasteiger partial charge < -0.3 is 14.8 Å². The van der Waals surface area contributed by atoms with Crippen molar-refractivity contribution in [2.75, 3.05) is 23.8 Å². The number of hydrogen-bond acceptors (Lipinski definition) is 9. The monoisotopic (exact) mass is 496 g/mol. The second kappa shape index (κ2) is 12.4. The summed E-state index contributed by atoms with van der Waals surface area (Å²) in [5.41, 5.74) is 1.25. The van der Waals surface area contributed by atoms with Crippen LogP contribution in [0.5, 0.6) is 5.75 Å². The van der Waals surface area contributed by atoms with Crippen LogP contribution in [0.25, 0.3) is 0 Å². The van der Waals surface area contributed by atoms with E-state index in [1.165, 1.54) is 11.3 Å². The largest absolute Gasteiger partial charge is 0.494 e. The summed E-state index contributed by atoms with van der Waals surface area (Å²) < 4.78 is 10.3. The molecule has 0 aliphatic rings. The highest BCUT2D eigenvalue weighted by atomic mass is 32.1. The van der Waals surface area contributed by atoms with E-state index in [2.05, 4.69) is 20.8 Å². The van der Waals surface area contributed by atoms with Crippen LogP contribution in [0.4, 0.5) is 10.8 Å². The number of ketones is 1. The molecule has 2 N–H and O–H groups in total. The molecule has 0 bridgehead atoms. The quantitative estimate of drug-likeness (QED) is 0.303. The highest BCUT2D eigenvalue weighted by molar-refractivity contribution is 7.15. The fraction of sp³-hybridized carbons (Fsp3) is 0.250. The second-order valence-corrected chi connectivity index (χ2v) is 8.43. The van der Waals surface area contributed by atoms with Crippen molar-refractivity contribution in [2.24, 2.45) is 0 Å². The molecule has 0 spiro atoms. The van der Waals surface area contributed by atoms with E-state index in [1.54, 1.807) is 55.5 Å². The molecule has 0 aliphatic heterocycles. The molecule has 1 heterocycles. The molecule has 0 saturated heterocycles. The third-order valence-corrected chi connectivity index (χ3v) is 5.34. The smallest absolute Gasteiger partial charge is 0.306 e. The van der Waals surface area contributed by atoms with Crippen LogP contribution in [0.1, 0.15) is 45.5 Å². The molecule has 0 fully saturated rings. The Bertz CT molecular complexity index is 1190. The molecule has 0 radical (unpaired) electrons. The van der Waals surface area contributed by atoms with E-state index in [4.69, 9.17) is 9.47 Å². The summed E-state index contributed by atoms with van der Waals surface area (Å²) in [6, 6.07) is 12.8. The predicted octanol–water partition coefficient (Wildman–Crippen LogP) is 3.64. The number of carbonyl (C=O) groups excluding carboxylic acids is 4. The van der Waals surface area contributed by atoms with E-state index >= 15 is 0 Å². The van der Waals surface area contributed by atoms with Crippen LogP contribution in [0, 0.1) is 6.92 Å². The number of aryl methyl sites for hydroxylation is 1. The van der Waals surface area contributed by atoms with Gasteiger partial charge in [-0.05, 0) is 62.4 Å². The summed E-state index contributed by atoms with van der Waals surface area (Å²) in [5.74, 6) is -1.11. The van der Waals surface area contributed by atoms with Gasteiger partial charge in [-0.3, -0.25) is 24.5 Å². The lowest BCUT2D eigenvalue weighted by Crippen LogP contribution is -2.17. The molecule has 35 heavy (non-hydrogen) atoms. The molecule has 3 rings (SSSR count). The Morgan fingerprint density at radius 3 is 2.20 bits per heavy atom. The van der Waals surface area contributed by atoms with Gasteiger partial charge in [0.25, 0.3) is 5.91 Å². The second-order valence-electron chi connectivity index (χ2n) is 7.25. The average Bonchev–Trinajstić information content (AvgIpc) is 3.26. The SMILES string of the molecule is CCOc1ccc(C(=O)COC(=O)CCC(=O)Nc2ccc(C(=O)Nc3nnc(C)s3)cc2)cc1. The van der Waals surface area contributed by atoms with E-state index in [1.807, 2.05) is 6.92 Å². The molecule has 2 aromatic carbocycles. The number of amides is 2. The first-order valence-corrected chi connectivity index (χ1v) is 11.6. The number of esters is 1. The van der Waals surface area contributed by atoms with Crippen LogP contribution in [-0.2, 0) is 14.3 Å². The summed E-state index contributed by atoms with van der Waals surface area (Å²) >= 11 is 1.26. The van der Waals surface area contributed by atoms with Crippen molar-refractivity contribution >= 4 is 45.7 Å². The standard InChI is InChI=1S/C24H24N4O6S/c1-3-33-19-10-6-16(7-11-19)20(29)14-34-22(31)13-12-21(30)25-18-8-4-17(5-9-18)23(32)26-24-28-27-15(2)35-24/h4-11H,3,12-14H2,1-2H3,(H,25,30)(H,26,28,32). The Kier molecular flexibility index (Phi) is 9.02. The number of carbonyl (C=O) groups is 4. The first-order valence-electron chi connectivity index (χ1n) is 10.8. The van der Waals surface area contributed by atoms with Crippen LogP contribution < -0.4 is 15.4 Å². The fourth-order valence-electron chi connectivity index (χ4n) is 2.87. The number of anilines is 2. The van der Waals surface area contributed by atoms with Crippen molar-refractivity contribution in [2.45, 2.75) is 26.7 Å². The van der Waals surface area contributed by atoms with Gasteiger partial charge in [-0.25, -0.2) is 0 Å². The number of Topliss-reactive ketones (excluding diaryl/α,β-unsaturated/α-hetero) is 1. The molecule has 182 valence electrons. The van der Waals surface area contributed by atoms with Gasteiger partial charge in [-0.2, -0.15) is 0 Å². The van der Waals surface area contributed by atoms with Crippen molar-refractivity contribution in [3.05, 3.63) is 64.7 Å². The molecule has 3 aromatic rings. The zero-order valence-corrected chi connectivity index (χ0v) is 20.0. The zero-order chi connectivity index (χ0) is 25.2. The van der Waals surface area contributed by atoms with Gasteiger partial charge in [-0.15, -0.1) is 10.2 Å². The third-order valence-electron chi connectivity index (χ3n) is 4.59. The van der Waals surface area contributed by atoms with E-state index in [0.717, 1.165) is 5.01 Å². The van der Waals surface area contributed by atoms with Crippen molar-refractivity contribution in [3.8, 4) is 5.75 Å².